The van der Waals surface area contributed by atoms with Crippen molar-refractivity contribution in [1.29, 1.82) is 0 Å². The van der Waals surface area contributed by atoms with Gasteiger partial charge in [-0.15, -0.1) is 0 Å². The molecule has 2 rings (SSSR count). The van der Waals surface area contributed by atoms with Gasteiger partial charge >= 0.3 is 12.0 Å². The van der Waals surface area contributed by atoms with Gasteiger partial charge in [0.1, 0.15) is 12.1 Å². The van der Waals surface area contributed by atoms with Crippen LogP contribution in [0.2, 0.25) is 0 Å². The summed E-state index contributed by atoms with van der Waals surface area (Å²) < 4.78 is 0. The molecule has 2 N–H and O–H groups in total. The average Bonchev–Trinajstić information content (AvgIpc) is 2.86. The first-order valence-electron chi connectivity index (χ1n) is 6.72. The van der Waals surface area contributed by atoms with Crippen molar-refractivity contribution in [3.63, 3.8) is 0 Å². The lowest BCUT2D eigenvalue weighted by atomic mass is 9.90. The predicted octanol–water partition coefficient (Wildman–Crippen LogP) is -0.360. The van der Waals surface area contributed by atoms with E-state index in [0.29, 0.717) is 13.0 Å². The molecule has 0 aromatic carbocycles. The molecular weight excluding hydrogens is 278 g/mol. The standard InChI is InChI=1S/C13H19N3O5/c1-12(2)9(18)14-11(21)16(12)6-8(17)15-5-4-13(3,7-15)10(19)20/h4-7H2,1-3H3,(H,19,20)(H,14,18,21)/t13-/m1/s1. The topological polar surface area (TPSA) is 107 Å². The van der Waals surface area contributed by atoms with Crippen molar-refractivity contribution in [3.8, 4) is 0 Å². The van der Waals surface area contributed by atoms with Gasteiger partial charge in [-0.1, -0.05) is 0 Å². The zero-order valence-corrected chi connectivity index (χ0v) is 12.3. The summed E-state index contributed by atoms with van der Waals surface area (Å²) in [5.41, 5.74) is -2.03. The quantitative estimate of drug-likeness (QED) is 0.692. The Morgan fingerprint density at radius 3 is 2.33 bits per heavy atom. The second-order valence-electron chi connectivity index (χ2n) is 6.34. The van der Waals surface area contributed by atoms with E-state index in [0.717, 1.165) is 0 Å². The number of hydrogen-bond donors (Lipinski definition) is 2. The van der Waals surface area contributed by atoms with Crippen molar-refractivity contribution in [1.82, 2.24) is 15.1 Å². The first kappa shape index (κ1) is 15.3. The van der Waals surface area contributed by atoms with Crippen LogP contribution in [0.4, 0.5) is 4.79 Å². The van der Waals surface area contributed by atoms with Gasteiger partial charge in [-0.3, -0.25) is 19.7 Å². The van der Waals surface area contributed by atoms with Crippen molar-refractivity contribution in [2.45, 2.75) is 32.7 Å². The van der Waals surface area contributed by atoms with E-state index in [2.05, 4.69) is 5.32 Å². The van der Waals surface area contributed by atoms with Crippen LogP contribution >= 0.6 is 0 Å². The number of hydrogen-bond acceptors (Lipinski definition) is 4. The number of amides is 4. The summed E-state index contributed by atoms with van der Waals surface area (Å²) in [6.07, 6.45) is 0.378. The molecule has 2 heterocycles. The molecule has 0 unspecified atom stereocenters. The molecule has 2 fully saturated rings. The number of carboxylic acids is 1. The van der Waals surface area contributed by atoms with Gasteiger partial charge < -0.3 is 14.9 Å². The number of rotatable bonds is 3. The Morgan fingerprint density at radius 1 is 1.29 bits per heavy atom. The lowest BCUT2D eigenvalue weighted by Crippen LogP contribution is -2.49. The fourth-order valence-electron chi connectivity index (χ4n) is 2.55. The van der Waals surface area contributed by atoms with Crippen molar-refractivity contribution in [2.75, 3.05) is 19.6 Å². The summed E-state index contributed by atoms with van der Waals surface area (Å²) >= 11 is 0. The first-order valence-corrected chi connectivity index (χ1v) is 6.72. The Kier molecular flexibility index (Phi) is 3.43. The van der Waals surface area contributed by atoms with Crippen LogP contribution < -0.4 is 5.32 Å². The number of likely N-dealkylation sites (tertiary alicyclic amines) is 1. The maximum Gasteiger partial charge on any atom is 0.325 e. The van der Waals surface area contributed by atoms with Crippen molar-refractivity contribution in [2.24, 2.45) is 5.41 Å². The molecule has 116 valence electrons. The summed E-state index contributed by atoms with van der Waals surface area (Å²) in [5, 5.41) is 11.3. The van der Waals surface area contributed by atoms with Gasteiger partial charge in [-0.25, -0.2) is 4.79 Å². The summed E-state index contributed by atoms with van der Waals surface area (Å²) in [7, 11) is 0. The molecule has 0 radical (unpaired) electrons. The third kappa shape index (κ3) is 2.45. The minimum absolute atomic E-state index is 0.116. The maximum absolute atomic E-state index is 12.3. The van der Waals surface area contributed by atoms with Crippen LogP contribution in [0.15, 0.2) is 0 Å². The summed E-state index contributed by atoms with van der Waals surface area (Å²) in [5.74, 6) is -1.73. The molecular formula is C13H19N3O5. The molecule has 0 aromatic heterocycles. The molecule has 21 heavy (non-hydrogen) atoms. The highest BCUT2D eigenvalue weighted by molar-refractivity contribution is 6.07. The number of nitrogens with one attached hydrogen (secondary N) is 1. The number of carbonyl (C=O) groups excluding carboxylic acids is 3. The molecule has 0 aromatic rings. The van der Waals surface area contributed by atoms with Crippen LogP contribution in [0.5, 0.6) is 0 Å². The highest BCUT2D eigenvalue weighted by Crippen LogP contribution is 2.30. The molecule has 0 aliphatic carbocycles. The highest BCUT2D eigenvalue weighted by Gasteiger charge is 2.48. The first-order chi connectivity index (χ1) is 9.58. The van der Waals surface area contributed by atoms with Crippen LogP contribution in [0.3, 0.4) is 0 Å². The number of nitrogens with zero attached hydrogens (tertiary/aromatic N) is 2. The van der Waals surface area contributed by atoms with Crippen LogP contribution in [-0.2, 0) is 14.4 Å². The van der Waals surface area contributed by atoms with E-state index in [4.69, 9.17) is 5.11 Å². The fourth-order valence-corrected chi connectivity index (χ4v) is 2.55. The van der Waals surface area contributed by atoms with Gasteiger partial charge in [-0.2, -0.15) is 0 Å². The number of carboxylic acid groups (broad SMARTS) is 1. The van der Waals surface area contributed by atoms with E-state index in [1.165, 1.54) is 9.80 Å². The molecule has 0 bridgehead atoms. The van der Waals surface area contributed by atoms with Crippen molar-refractivity contribution < 1.29 is 24.3 Å². The summed E-state index contributed by atoms with van der Waals surface area (Å²) in [6.45, 7) is 4.94. The van der Waals surface area contributed by atoms with Crippen molar-refractivity contribution in [3.05, 3.63) is 0 Å². The van der Waals surface area contributed by atoms with Crippen LogP contribution in [-0.4, -0.2) is 63.9 Å². The maximum atomic E-state index is 12.3. The van der Waals surface area contributed by atoms with Gasteiger partial charge in [-0.05, 0) is 27.2 Å². The summed E-state index contributed by atoms with van der Waals surface area (Å²) in [6, 6.07) is -0.599. The van der Waals surface area contributed by atoms with E-state index >= 15 is 0 Å². The molecule has 1 atom stereocenters. The molecule has 2 saturated heterocycles. The largest absolute Gasteiger partial charge is 0.481 e. The highest BCUT2D eigenvalue weighted by atomic mass is 16.4. The predicted molar refractivity (Wildman–Crippen MR) is 71.3 cm³/mol. The Bertz CT molecular complexity index is 530. The SMILES string of the molecule is CC1(C)C(=O)NC(=O)N1CC(=O)N1CC[C@@](C)(C(=O)O)C1. The average molecular weight is 297 g/mol. The Labute approximate surface area is 122 Å². The molecule has 0 spiro atoms. The Morgan fingerprint density at radius 2 is 1.90 bits per heavy atom. The number of urea groups is 1. The molecule has 2 aliphatic heterocycles. The summed E-state index contributed by atoms with van der Waals surface area (Å²) in [4.78, 5) is 49.4. The lowest BCUT2D eigenvalue weighted by Gasteiger charge is -2.29. The number of carbonyl (C=O) groups is 4. The van der Waals surface area contributed by atoms with Crippen LogP contribution in [0.1, 0.15) is 27.2 Å². The molecule has 4 amide bonds. The zero-order chi connectivity index (χ0) is 16.0. The molecule has 8 heteroatoms. The van der Waals surface area contributed by atoms with Gasteiger partial charge in [0, 0.05) is 13.1 Å². The third-order valence-corrected chi connectivity index (χ3v) is 4.33. The van der Waals surface area contributed by atoms with E-state index in [9.17, 15) is 19.2 Å². The van der Waals surface area contributed by atoms with Gasteiger partial charge in [0.05, 0.1) is 5.41 Å². The van der Waals surface area contributed by atoms with Crippen LogP contribution in [0.25, 0.3) is 0 Å². The van der Waals surface area contributed by atoms with Gasteiger partial charge in [0.25, 0.3) is 5.91 Å². The van der Waals surface area contributed by atoms with Gasteiger partial charge in [0.2, 0.25) is 5.91 Å². The Hall–Kier alpha value is -2.12. The van der Waals surface area contributed by atoms with Crippen molar-refractivity contribution >= 4 is 23.8 Å². The third-order valence-electron chi connectivity index (χ3n) is 4.33. The van der Waals surface area contributed by atoms with E-state index in [1.807, 2.05) is 0 Å². The van der Waals surface area contributed by atoms with E-state index < -0.39 is 28.9 Å². The fraction of sp³-hybridized carbons (Fsp3) is 0.692. The minimum atomic E-state index is -1.08. The second-order valence-corrected chi connectivity index (χ2v) is 6.34. The lowest BCUT2D eigenvalue weighted by molar-refractivity contribution is -0.147. The number of aliphatic carboxylic acids is 1. The van der Waals surface area contributed by atoms with Crippen LogP contribution in [0, 0.1) is 5.41 Å². The van der Waals surface area contributed by atoms with E-state index in [1.54, 1.807) is 20.8 Å². The smallest absolute Gasteiger partial charge is 0.325 e. The van der Waals surface area contributed by atoms with E-state index in [-0.39, 0.29) is 19.0 Å². The molecule has 0 saturated carbocycles. The molecule has 2 aliphatic rings. The monoisotopic (exact) mass is 297 g/mol. The zero-order valence-electron chi connectivity index (χ0n) is 12.3. The normalized spacial score (nSPS) is 28.0. The Balaban J connectivity index is 2.05. The second kappa shape index (κ2) is 4.71. The minimum Gasteiger partial charge on any atom is -0.481 e. The molecule has 8 nitrogen and oxygen atoms in total. The number of imide groups is 1. The van der Waals surface area contributed by atoms with Gasteiger partial charge in [0.15, 0.2) is 0 Å².